The number of nitrogens with one attached hydrogen (secondary N) is 1. The van der Waals surface area contributed by atoms with Gasteiger partial charge in [0.25, 0.3) is 0 Å². The van der Waals surface area contributed by atoms with Crippen LogP contribution in [0.15, 0.2) is 24.3 Å². The first kappa shape index (κ1) is 26.2. The van der Waals surface area contributed by atoms with Crippen LogP contribution in [0.3, 0.4) is 0 Å². The fourth-order valence-electron chi connectivity index (χ4n) is 2.46. The molecular formula is C18H33Cl3N2O. The van der Waals surface area contributed by atoms with Crippen LogP contribution in [-0.2, 0) is 6.42 Å². The second kappa shape index (κ2) is 14.2. The van der Waals surface area contributed by atoms with E-state index in [-0.39, 0.29) is 30.9 Å². The zero-order chi connectivity index (χ0) is 16.5. The molecule has 0 amide bonds. The summed E-state index contributed by atoms with van der Waals surface area (Å²) < 4.78 is 0. The number of aliphatic hydroxyl groups is 1. The quantitative estimate of drug-likeness (QED) is 0.552. The van der Waals surface area contributed by atoms with Crippen LogP contribution >= 0.6 is 36.4 Å². The molecule has 0 heterocycles. The van der Waals surface area contributed by atoms with E-state index < -0.39 is 6.10 Å². The van der Waals surface area contributed by atoms with Gasteiger partial charge in [0.05, 0.1) is 6.10 Å². The number of benzene rings is 1. The van der Waals surface area contributed by atoms with E-state index >= 15 is 0 Å². The molecule has 1 unspecified atom stereocenters. The van der Waals surface area contributed by atoms with Crippen molar-refractivity contribution in [2.45, 2.75) is 64.6 Å². The third-order valence-corrected chi connectivity index (χ3v) is 4.37. The normalized spacial score (nSPS) is 14.5. The van der Waals surface area contributed by atoms with E-state index in [1.54, 1.807) is 0 Å². The predicted molar refractivity (Wildman–Crippen MR) is 110 cm³/mol. The van der Waals surface area contributed by atoms with Crippen LogP contribution in [0, 0.1) is 5.92 Å². The fourth-order valence-corrected chi connectivity index (χ4v) is 2.67. The fraction of sp³-hybridized carbons (Fsp3) is 0.667. The van der Waals surface area contributed by atoms with Gasteiger partial charge in [-0.3, -0.25) is 0 Å². The van der Waals surface area contributed by atoms with E-state index in [4.69, 9.17) is 17.3 Å². The highest BCUT2D eigenvalue weighted by atomic mass is 35.5. The Bertz CT molecular complexity index is 432. The molecule has 4 N–H and O–H groups in total. The zero-order valence-corrected chi connectivity index (χ0v) is 17.3. The molecule has 6 heteroatoms. The van der Waals surface area contributed by atoms with Crippen molar-refractivity contribution in [3.8, 4) is 0 Å². The first-order chi connectivity index (χ1) is 10.4. The van der Waals surface area contributed by atoms with Gasteiger partial charge in [-0.15, -0.1) is 24.8 Å². The summed E-state index contributed by atoms with van der Waals surface area (Å²) in [5.74, 6) is 0.752. The first-order valence-electron chi connectivity index (χ1n) is 8.30. The Labute approximate surface area is 164 Å². The summed E-state index contributed by atoms with van der Waals surface area (Å²) in [6.45, 7) is 7.17. The summed E-state index contributed by atoms with van der Waals surface area (Å²) in [7, 11) is 0. The van der Waals surface area contributed by atoms with Gasteiger partial charge in [-0.2, -0.15) is 0 Å². The zero-order valence-electron chi connectivity index (χ0n) is 14.9. The molecular weight excluding hydrogens is 367 g/mol. The second-order valence-electron chi connectivity index (χ2n) is 6.66. The van der Waals surface area contributed by atoms with Crippen LogP contribution < -0.4 is 11.1 Å². The molecule has 0 radical (unpaired) electrons. The highest BCUT2D eigenvalue weighted by Crippen LogP contribution is 2.17. The third kappa shape index (κ3) is 10.8. The maximum atomic E-state index is 10.2. The van der Waals surface area contributed by atoms with Crippen molar-refractivity contribution in [2.75, 3.05) is 6.54 Å². The van der Waals surface area contributed by atoms with Crippen molar-refractivity contribution in [3.63, 3.8) is 0 Å². The maximum Gasteiger partial charge on any atom is 0.0818 e. The van der Waals surface area contributed by atoms with Gasteiger partial charge in [0, 0.05) is 23.7 Å². The van der Waals surface area contributed by atoms with Crippen LogP contribution in [0.5, 0.6) is 0 Å². The highest BCUT2D eigenvalue weighted by molar-refractivity contribution is 6.31. The lowest BCUT2D eigenvalue weighted by molar-refractivity contribution is 0.138. The molecule has 1 aromatic carbocycles. The Kier molecular flexibility index (Phi) is 15.5. The lowest BCUT2D eigenvalue weighted by Gasteiger charge is -2.22. The molecule has 0 spiro atoms. The average molecular weight is 400 g/mol. The molecule has 1 aromatic rings. The SMILES string of the molecule is CC(C)CCCC(C)NC[C@@H](O)[C@@H](N)Cc1ccccc1Cl.Cl.Cl. The second-order valence-corrected chi connectivity index (χ2v) is 7.07. The van der Waals surface area contributed by atoms with Crippen LogP contribution in [0.25, 0.3) is 0 Å². The minimum Gasteiger partial charge on any atom is -0.390 e. The molecule has 0 fully saturated rings. The van der Waals surface area contributed by atoms with Crippen molar-refractivity contribution in [3.05, 3.63) is 34.9 Å². The van der Waals surface area contributed by atoms with E-state index in [9.17, 15) is 5.11 Å². The monoisotopic (exact) mass is 398 g/mol. The Morgan fingerprint density at radius 2 is 1.75 bits per heavy atom. The van der Waals surface area contributed by atoms with Crippen LogP contribution in [-0.4, -0.2) is 29.8 Å². The standard InChI is InChI=1S/C18H31ClN2O.2ClH/c1-13(2)7-6-8-14(3)21-12-18(22)17(20)11-15-9-4-5-10-16(15)19;;/h4-5,9-10,13-14,17-18,21-22H,6-8,11-12,20H2,1-3H3;2*1H/t14?,17-,18+;;/m0../s1. The largest absolute Gasteiger partial charge is 0.390 e. The summed E-state index contributed by atoms with van der Waals surface area (Å²) in [5, 5.41) is 14.3. The molecule has 142 valence electrons. The number of aliphatic hydroxyl groups excluding tert-OH is 1. The van der Waals surface area contributed by atoms with Gasteiger partial charge in [0.15, 0.2) is 0 Å². The third-order valence-electron chi connectivity index (χ3n) is 4.00. The minimum atomic E-state index is -0.566. The smallest absolute Gasteiger partial charge is 0.0818 e. The molecule has 0 saturated carbocycles. The van der Waals surface area contributed by atoms with Gasteiger partial charge in [0.1, 0.15) is 0 Å². The molecule has 0 bridgehead atoms. The number of halogens is 3. The summed E-state index contributed by atoms with van der Waals surface area (Å²) in [4.78, 5) is 0. The van der Waals surface area contributed by atoms with E-state index in [2.05, 4.69) is 26.1 Å². The van der Waals surface area contributed by atoms with Crippen molar-refractivity contribution < 1.29 is 5.11 Å². The lowest BCUT2D eigenvalue weighted by Crippen LogP contribution is -2.45. The van der Waals surface area contributed by atoms with Gasteiger partial charge >= 0.3 is 0 Å². The highest BCUT2D eigenvalue weighted by Gasteiger charge is 2.17. The number of nitrogens with two attached hydrogens (primary N) is 1. The summed E-state index contributed by atoms with van der Waals surface area (Å²) in [6, 6.07) is 7.74. The topological polar surface area (TPSA) is 58.3 Å². The van der Waals surface area contributed by atoms with Gasteiger partial charge < -0.3 is 16.2 Å². The summed E-state index contributed by atoms with van der Waals surface area (Å²) >= 11 is 6.13. The summed E-state index contributed by atoms with van der Waals surface area (Å²) in [6.07, 6.45) is 3.62. The number of rotatable bonds is 10. The Balaban J connectivity index is 0. The molecule has 3 nitrogen and oxygen atoms in total. The van der Waals surface area contributed by atoms with Gasteiger partial charge in [-0.1, -0.05) is 56.5 Å². The van der Waals surface area contributed by atoms with Crippen LogP contribution in [0.1, 0.15) is 45.6 Å². The first-order valence-corrected chi connectivity index (χ1v) is 8.68. The van der Waals surface area contributed by atoms with E-state index in [0.29, 0.717) is 24.0 Å². The van der Waals surface area contributed by atoms with Gasteiger partial charge in [-0.05, 0) is 37.3 Å². The molecule has 3 atom stereocenters. The molecule has 0 aliphatic carbocycles. The molecule has 1 rings (SSSR count). The van der Waals surface area contributed by atoms with Crippen LogP contribution in [0.2, 0.25) is 5.02 Å². The molecule has 0 aliphatic rings. The lowest BCUT2D eigenvalue weighted by atomic mass is 10.0. The molecule has 24 heavy (non-hydrogen) atoms. The number of hydrogen-bond donors (Lipinski definition) is 3. The Hall–Kier alpha value is -0.0300. The van der Waals surface area contributed by atoms with Gasteiger partial charge in [-0.25, -0.2) is 0 Å². The van der Waals surface area contributed by atoms with E-state index in [1.165, 1.54) is 12.8 Å². The molecule has 0 saturated heterocycles. The van der Waals surface area contributed by atoms with Crippen LogP contribution in [0.4, 0.5) is 0 Å². The van der Waals surface area contributed by atoms with E-state index in [1.807, 2.05) is 24.3 Å². The maximum absolute atomic E-state index is 10.2. The van der Waals surface area contributed by atoms with Gasteiger partial charge in [0.2, 0.25) is 0 Å². The summed E-state index contributed by atoms with van der Waals surface area (Å²) in [5.41, 5.74) is 7.08. The van der Waals surface area contributed by atoms with Crippen molar-refractivity contribution >= 4 is 36.4 Å². The number of hydrogen-bond acceptors (Lipinski definition) is 3. The Morgan fingerprint density at radius 1 is 1.12 bits per heavy atom. The molecule has 0 aliphatic heterocycles. The predicted octanol–water partition coefficient (Wildman–Crippen LogP) is 4.22. The average Bonchev–Trinajstić information content (AvgIpc) is 2.46. The molecule has 0 aromatic heterocycles. The van der Waals surface area contributed by atoms with Crippen molar-refractivity contribution in [2.24, 2.45) is 11.7 Å². The van der Waals surface area contributed by atoms with E-state index in [0.717, 1.165) is 17.9 Å². The van der Waals surface area contributed by atoms with Crippen molar-refractivity contribution in [1.82, 2.24) is 5.32 Å². The minimum absolute atomic E-state index is 0. The van der Waals surface area contributed by atoms with Crippen molar-refractivity contribution in [1.29, 1.82) is 0 Å². The Morgan fingerprint density at radius 3 is 2.33 bits per heavy atom.